The van der Waals surface area contributed by atoms with Gasteiger partial charge in [0, 0.05) is 23.7 Å². The predicted octanol–water partition coefficient (Wildman–Crippen LogP) is 2.92. The van der Waals surface area contributed by atoms with Crippen LogP contribution in [0.5, 0.6) is 0 Å². The first-order valence-corrected chi connectivity index (χ1v) is 6.75. The Morgan fingerprint density at radius 2 is 2.20 bits per heavy atom. The second-order valence-corrected chi connectivity index (χ2v) is 5.07. The molecule has 0 aliphatic heterocycles. The summed E-state index contributed by atoms with van der Waals surface area (Å²) >= 11 is 0. The highest BCUT2D eigenvalue weighted by molar-refractivity contribution is 5.96. The largest absolute Gasteiger partial charge is 0.469 e. The Hall–Kier alpha value is -2.23. The van der Waals surface area contributed by atoms with Gasteiger partial charge in [0.05, 0.1) is 6.26 Å². The molecular weight excluding hydrogens is 252 g/mol. The van der Waals surface area contributed by atoms with Crippen LogP contribution in [0.3, 0.4) is 0 Å². The zero-order chi connectivity index (χ0) is 14.5. The van der Waals surface area contributed by atoms with Crippen LogP contribution in [0.25, 0.3) is 0 Å². The molecule has 2 aromatic rings. The summed E-state index contributed by atoms with van der Waals surface area (Å²) in [4.78, 5) is 12.2. The van der Waals surface area contributed by atoms with E-state index in [1.165, 1.54) is 0 Å². The van der Waals surface area contributed by atoms with Crippen molar-refractivity contribution in [3.8, 4) is 0 Å². The number of nitrogens with one attached hydrogen (secondary N) is 1. The van der Waals surface area contributed by atoms with E-state index in [0.29, 0.717) is 11.3 Å². The Kier molecular flexibility index (Phi) is 4.45. The van der Waals surface area contributed by atoms with Gasteiger partial charge in [-0.2, -0.15) is 0 Å². The van der Waals surface area contributed by atoms with E-state index in [-0.39, 0.29) is 11.9 Å². The molecule has 0 bridgehead atoms. The monoisotopic (exact) mass is 272 g/mol. The molecule has 4 heteroatoms. The number of hydrogen-bond donors (Lipinski definition) is 2. The number of hydrogen-bond acceptors (Lipinski definition) is 3. The first-order chi connectivity index (χ1) is 9.56. The highest BCUT2D eigenvalue weighted by atomic mass is 16.3. The lowest BCUT2D eigenvalue weighted by Crippen LogP contribution is -2.33. The van der Waals surface area contributed by atoms with Gasteiger partial charge in [-0.15, -0.1) is 0 Å². The van der Waals surface area contributed by atoms with E-state index in [0.717, 1.165) is 24.2 Å². The quantitative estimate of drug-likeness (QED) is 0.822. The van der Waals surface area contributed by atoms with Crippen molar-refractivity contribution in [3.05, 3.63) is 53.5 Å². The molecule has 0 saturated carbocycles. The van der Waals surface area contributed by atoms with Crippen LogP contribution in [-0.4, -0.2) is 11.9 Å². The number of rotatable bonds is 5. The average Bonchev–Trinajstić information content (AvgIpc) is 2.89. The first-order valence-electron chi connectivity index (χ1n) is 6.75. The van der Waals surface area contributed by atoms with Gasteiger partial charge in [0.1, 0.15) is 5.76 Å². The van der Waals surface area contributed by atoms with Gasteiger partial charge in [-0.25, -0.2) is 0 Å². The lowest BCUT2D eigenvalue weighted by Gasteiger charge is -2.14. The van der Waals surface area contributed by atoms with E-state index in [9.17, 15) is 4.79 Å². The van der Waals surface area contributed by atoms with Crippen LogP contribution in [-0.2, 0) is 6.42 Å². The van der Waals surface area contributed by atoms with Crippen molar-refractivity contribution in [3.63, 3.8) is 0 Å². The van der Waals surface area contributed by atoms with Gasteiger partial charge in [0.25, 0.3) is 5.91 Å². The van der Waals surface area contributed by atoms with E-state index in [1.54, 1.807) is 18.4 Å². The summed E-state index contributed by atoms with van der Waals surface area (Å²) in [6.07, 6.45) is 3.32. The molecule has 106 valence electrons. The number of carbonyl (C=O) groups excluding carboxylic acids is 1. The van der Waals surface area contributed by atoms with Crippen molar-refractivity contribution in [1.29, 1.82) is 0 Å². The minimum Gasteiger partial charge on any atom is -0.469 e. The molecular formula is C16H20N2O2. The Bertz CT molecular complexity index is 576. The van der Waals surface area contributed by atoms with E-state index in [4.69, 9.17) is 10.2 Å². The molecule has 4 nitrogen and oxygen atoms in total. The molecule has 2 rings (SSSR count). The maximum absolute atomic E-state index is 12.2. The fourth-order valence-corrected chi connectivity index (χ4v) is 2.13. The molecule has 0 radical (unpaired) electrons. The standard InChI is InChI=1S/C16H20N2O2/c1-11-10-13(17)6-8-15(11)16(19)18-12(2)5-7-14-4-3-9-20-14/h3-4,6,8-10,12H,5,7,17H2,1-2H3,(H,18,19). The number of anilines is 1. The van der Waals surface area contributed by atoms with Gasteiger partial charge >= 0.3 is 0 Å². The van der Waals surface area contributed by atoms with Gasteiger partial charge in [-0.3, -0.25) is 4.79 Å². The third kappa shape index (κ3) is 3.63. The zero-order valence-corrected chi connectivity index (χ0v) is 11.8. The summed E-state index contributed by atoms with van der Waals surface area (Å²) in [5, 5.41) is 3.00. The van der Waals surface area contributed by atoms with Crippen molar-refractivity contribution in [2.75, 3.05) is 5.73 Å². The number of amides is 1. The van der Waals surface area contributed by atoms with Crippen LogP contribution in [0.15, 0.2) is 41.0 Å². The molecule has 3 N–H and O–H groups in total. The Morgan fingerprint density at radius 1 is 1.40 bits per heavy atom. The molecule has 1 atom stereocenters. The van der Waals surface area contributed by atoms with Crippen molar-refractivity contribution >= 4 is 11.6 Å². The number of nitrogen functional groups attached to an aromatic ring is 1. The fourth-order valence-electron chi connectivity index (χ4n) is 2.13. The van der Waals surface area contributed by atoms with Gasteiger partial charge in [-0.1, -0.05) is 0 Å². The number of carbonyl (C=O) groups is 1. The lowest BCUT2D eigenvalue weighted by molar-refractivity contribution is 0.0937. The average molecular weight is 272 g/mol. The Labute approximate surface area is 119 Å². The maximum atomic E-state index is 12.2. The number of benzene rings is 1. The summed E-state index contributed by atoms with van der Waals surface area (Å²) in [6, 6.07) is 9.22. The summed E-state index contributed by atoms with van der Waals surface area (Å²) in [5.74, 6) is 0.879. The van der Waals surface area contributed by atoms with Crippen molar-refractivity contribution in [2.24, 2.45) is 0 Å². The topological polar surface area (TPSA) is 68.3 Å². The van der Waals surface area contributed by atoms with E-state index in [1.807, 2.05) is 32.0 Å². The summed E-state index contributed by atoms with van der Waals surface area (Å²) in [5.41, 5.74) is 7.92. The van der Waals surface area contributed by atoms with E-state index < -0.39 is 0 Å². The van der Waals surface area contributed by atoms with E-state index >= 15 is 0 Å². The SMILES string of the molecule is Cc1cc(N)ccc1C(=O)NC(C)CCc1ccco1. The maximum Gasteiger partial charge on any atom is 0.251 e. The number of nitrogens with two attached hydrogens (primary N) is 1. The normalized spacial score (nSPS) is 12.1. The smallest absolute Gasteiger partial charge is 0.251 e. The molecule has 1 unspecified atom stereocenters. The molecule has 0 aliphatic rings. The summed E-state index contributed by atoms with van der Waals surface area (Å²) in [7, 11) is 0. The van der Waals surface area contributed by atoms with Crippen LogP contribution >= 0.6 is 0 Å². The van der Waals surface area contributed by atoms with Crippen LogP contribution in [0.2, 0.25) is 0 Å². The van der Waals surface area contributed by atoms with Crippen molar-refractivity contribution < 1.29 is 9.21 Å². The van der Waals surface area contributed by atoms with Crippen LogP contribution < -0.4 is 11.1 Å². The van der Waals surface area contributed by atoms with Gasteiger partial charge in [0.2, 0.25) is 0 Å². The highest BCUT2D eigenvalue weighted by Crippen LogP contribution is 2.13. The van der Waals surface area contributed by atoms with Crippen molar-refractivity contribution in [1.82, 2.24) is 5.32 Å². The number of furan rings is 1. The molecule has 1 aromatic heterocycles. The molecule has 0 fully saturated rings. The third-order valence-corrected chi connectivity index (χ3v) is 3.28. The molecule has 1 aromatic carbocycles. The highest BCUT2D eigenvalue weighted by Gasteiger charge is 2.12. The first kappa shape index (κ1) is 14.2. The zero-order valence-electron chi connectivity index (χ0n) is 11.8. The predicted molar refractivity (Wildman–Crippen MR) is 79.5 cm³/mol. The van der Waals surface area contributed by atoms with Crippen molar-refractivity contribution in [2.45, 2.75) is 32.7 Å². The van der Waals surface area contributed by atoms with Gasteiger partial charge in [-0.05, 0) is 56.2 Å². The minimum absolute atomic E-state index is 0.0607. The molecule has 0 aliphatic carbocycles. The van der Waals surface area contributed by atoms with Crippen LogP contribution in [0.1, 0.15) is 35.0 Å². The molecule has 20 heavy (non-hydrogen) atoms. The molecule has 1 heterocycles. The van der Waals surface area contributed by atoms with Crippen LogP contribution in [0.4, 0.5) is 5.69 Å². The Balaban J connectivity index is 1.90. The second-order valence-electron chi connectivity index (χ2n) is 5.07. The molecule has 0 spiro atoms. The van der Waals surface area contributed by atoms with Gasteiger partial charge < -0.3 is 15.5 Å². The van der Waals surface area contributed by atoms with E-state index in [2.05, 4.69) is 5.32 Å². The molecule has 0 saturated heterocycles. The minimum atomic E-state index is -0.0607. The second kappa shape index (κ2) is 6.28. The van der Waals surface area contributed by atoms with Crippen LogP contribution in [0, 0.1) is 6.92 Å². The van der Waals surface area contributed by atoms with Gasteiger partial charge in [0.15, 0.2) is 0 Å². The lowest BCUT2D eigenvalue weighted by atomic mass is 10.1. The summed E-state index contributed by atoms with van der Waals surface area (Å²) < 4.78 is 5.28. The number of aryl methyl sites for hydroxylation is 2. The molecule has 1 amide bonds. The summed E-state index contributed by atoms with van der Waals surface area (Å²) in [6.45, 7) is 3.88. The third-order valence-electron chi connectivity index (χ3n) is 3.28. The Morgan fingerprint density at radius 3 is 2.85 bits per heavy atom. The fraction of sp³-hybridized carbons (Fsp3) is 0.312.